The standard InChI is InChI=1S/C16H13N3/c1-2-19-15-9-4-3-8-14(15)18-16(19)13-7-5-6-12(10-13)11-17/h3-10H,2H2,1H3. The molecule has 1 heterocycles. The molecule has 0 fully saturated rings. The Morgan fingerprint density at radius 2 is 2.00 bits per heavy atom. The summed E-state index contributed by atoms with van der Waals surface area (Å²) in [6.45, 7) is 2.96. The normalized spacial score (nSPS) is 10.5. The van der Waals surface area contributed by atoms with Crippen LogP contribution in [-0.4, -0.2) is 9.55 Å². The first-order valence-corrected chi connectivity index (χ1v) is 6.29. The van der Waals surface area contributed by atoms with Crippen LogP contribution in [-0.2, 0) is 6.54 Å². The van der Waals surface area contributed by atoms with Crippen molar-refractivity contribution < 1.29 is 0 Å². The Labute approximate surface area is 111 Å². The molecule has 0 atom stereocenters. The molecule has 0 unspecified atom stereocenters. The van der Waals surface area contributed by atoms with Gasteiger partial charge in [0.2, 0.25) is 0 Å². The van der Waals surface area contributed by atoms with E-state index in [1.165, 1.54) is 0 Å². The number of hydrogen-bond acceptors (Lipinski definition) is 2. The monoisotopic (exact) mass is 247 g/mol. The Balaban J connectivity index is 2.27. The summed E-state index contributed by atoms with van der Waals surface area (Å²) in [5, 5.41) is 9.00. The van der Waals surface area contributed by atoms with Gasteiger partial charge in [0.25, 0.3) is 0 Å². The molecular formula is C16H13N3. The number of benzene rings is 2. The van der Waals surface area contributed by atoms with E-state index in [-0.39, 0.29) is 0 Å². The van der Waals surface area contributed by atoms with Gasteiger partial charge in [-0.2, -0.15) is 5.26 Å². The molecule has 3 nitrogen and oxygen atoms in total. The van der Waals surface area contributed by atoms with Crippen LogP contribution in [0.3, 0.4) is 0 Å². The highest BCUT2D eigenvalue weighted by molar-refractivity contribution is 5.80. The number of nitriles is 1. The summed E-state index contributed by atoms with van der Waals surface area (Å²) in [5.74, 6) is 0.917. The highest BCUT2D eigenvalue weighted by atomic mass is 15.1. The van der Waals surface area contributed by atoms with Crippen molar-refractivity contribution in [3.63, 3.8) is 0 Å². The molecule has 0 radical (unpaired) electrons. The van der Waals surface area contributed by atoms with E-state index in [1.54, 1.807) is 0 Å². The molecule has 19 heavy (non-hydrogen) atoms. The molecule has 3 rings (SSSR count). The minimum absolute atomic E-state index is 0.659. The van der Waals surface area contributed by atoms with Crippen molar-refractivity contribution in [2.75, 3.05) is 0 Å². The lowest BCUT2D eigenvalue weighted by atomic mass is 10.1. The van der Waals surface area contributed by atoms with E-state index in [2.05, 4.69) is 28.6 Å². The Hall–Kier alpha value is -2.60. The number of para-hydroxylation sites is 2. The molecule has 0 aliphatic heterocycles. The molecule has 0 N–H and O–H groups in total. The van der Waals surface area contributed by atoms with Crippen LogP contribution < -0.4 is 0 Å². The molecule has 1 aromatic heterocycles. The van der Waals surface area contributed by atoms with E-state index in [9.17, 15) is 0 Å². The maximum absolute atomic E-state index is 9.00. The number of imidazole rings is 1. The van der Waals surface area contributed by atoms with Gasteiger partial charge in [0.05, 0.1) is 22.7 Å². The molecule has 0 amide bonds. The van der Waals surface area contributed by atoms with E-state index in [4.69, 9.17) is 5.26 Å². The summed E-state index contributed by atoms with van der Waals surface area (Å²) < 4.78 is 2.17. The summed E-state index contributed by atoms with van der Waals surface area (Å²) >= 11 is 0. The average molecular weight is 247 g/mol. The lowest BCUT2D eigenvalue weighted by Crippen LogP contribution is -1.97. The number of hydrogen-bond donors (Lipinski definition) is 0. The highest BCUT2D eigenvalue weighted by Gasteiger charge is 2.11. The summed E-state index contributed by atoms with van der Waals surface area (Å²) in [5.41, 5.74) is 3.76. The number of fused-ring (bicyclic) bond motifs is 1. The highest BCUT2D eigenvalue weighted by Crippen LogP contribution is 2.25. The molecule has 0 bridgehead atoms. The summed E-state index contributed by atoms with van der Waals surface area (Å²) in [4.78, 5) is 4.68. The third-order valence-corrected chi connectivity index (χ3v) is 3.22. The number of aromatic nitrogens is 2. The predicted molar refractivity (Wildman–Crippen MR) is 75.6 cm³/mol. The van der Waals surface area contributed by atoms with Crippen LogP contribution in [0.15, 0.2) is 48.5 Å². The van der Waals surface area contributed by atoms with Crippen LogP contribution >= 0.6 is 0 Å². The van der Waals surface area contributed by atoms with E-state index < -0.39 is 0 Å². The van der Waals surface area contributed by atoms with Gasteiger partial charge in [-0.15, -0.1) is 0 Å². The van der Waals surface area contributed by atoms with Crippen molar-refractivity contribution in [1.82, 2.24) is 9.55 Å². The van der Waals surface area contributed by atoms with Crippen molar-refractivity contribution in [3.05, 3.63) is 54.1 Å². The first-order valence-electron chi connectivity index (χ1n) is 6.29. The molecule has 0 saturated carbocycles. The SMILES string of the molecule is CCn1c(-c2cccc(C#N)c2)nc2ccccc21. The maximum Gasteiger partial charge on any atom is 0.141 e. The Bertz CT molecular complexity index is 778. The van der Waals surface area contributed by atoms with Crippen molar-refractivity contribution in [2.45, 2.75) is 13.5 Å². The fourth-order valence-electron chi connectivity index (χ4n) is 2.34. The Morgan fingerprint density at radius 3 is 2.79 bits per heavy atom. The second-order valence-corrected chi connectivity index (χ2v) is 4.36. The molecule has 0 aliphatic carbocycles. The second kappa shape index (κ2) is 4.58. The quantitative estimate of drug-likeness (QED) is 0.694. The van der Waals surface area contributed by atoms with E-state index >= 15 is 0 Å². The van der Waals surface area contributed by atoms with Crippen LogP contribution in [0.25, 0.3) is 22.4 Å². The van der Waals surface area contributed by atoms with Crippen molar-refractivity contribution in [1.29, 1.82) is 5.26 Å². The number of aryl methyl sites for hydroxylation is 1. The summed E-state index contributed by atoms with van der Waals surface area (Å²) in [7, 11) is 0. The van der Waals surface area contributed by atoms with Crippen LogP contribution in [0.1, 0.15) is 12.5 Å². The first-order chi connectivity index (χ1) is 9.33. The minimum Gasteiger partial charge on any atom is -0.324 e. The van der Waals surface area contributed by atoms with Gasteiger partial charge in [-0.25, -0.2) is 4.98 Å². The van der Waals surface area contributed by atoms with Crippen molar-refractivity contribution in [3.8, 4) is 17.5 Å². The van der Waals surface area contributed by atoms with E-state index in [0.717, 1.165) is 29.0 Å². The smallest absolute Gasteiger partial charge is 0.141 e. The van der Waals surface area contributed by atoms with Gasteiger partial charge in [0.15, 0.2) is 0 Å². The molecule has 3 aromatic rings. The van der Waals surface area contributed by atoms with Gasteiger partial charge in [0, 0.05) is 12.1 Å². The van der Waals surface area contributed by atoms with Crippen molar-refractivity contribution >= 4 is 11.0 Å². The van der Waals surface area contributed by atoms with Gasteiger partial charge in [-0.05, 0) is 31.2 Å². The predicted octanol–water partition coefficient (Wildman–Crippen LogP) is 3.59. The third kappa shape index (κ3) is 1.88. The molecular weight excluding hydrogens is 234 g/mol. The lowest BCUT2D eigenvalue weighted by molar-refractivity contribution is 0.796. The largest absolute Gasteiger partial charge is 0.324 e. The molecule has 92 valence electrons. The van der Waals surface area contributed by atoms with Crippen molar-refractivity contribution in [2.24, 2.45) is 0 Å². The zero-order valence-corrected chi connectivity index (χ0v) is 10.7. The summed E-state index contributed by atoms with van der Waals surface area (Å²) in [6, 6.07) is 17.8. The lowest BCUT2D eigenvalue weighted by Gasteiger charge is -2.06. The molecule has 2 aromatic carbocycles. The average Bonchev–Trinajstić information content (AvgIpc) is 2.86. The van der Waals surface area contributed by atoms with Gasteiger partial charge >= 0.3 is 0 Å². The summed E-state index contributed by atoms with van der Waals surface area (Å²) in [6.07, 6.45) is 0. The maximum atomic E-state index is 9.00. The van der Waals surface area contributed by atoms with Crippen LogP contribution in [0.2, 0.25) is 0 Å². The van der Waals surface area contributed by atoms with Crippen LogP contribution in [0.5, 0.6) is 0 Å². The molecule has 0 saturated heterocycles. The minimum atomic E-state index is 0.659. The fourth-order valence-corrected chi connectivity index (χ4v) is 2.34. The van der Waals surface area contributed by atoms with Gasteiger partial charge in [-0.1, -0.05) is 24.3 Å². The molecule has 0 spiro atoms. The van der Waals surface area contributed by atoms with Crippen LogP contribution in [0.4, 0.5) is 0 Å². The van der Waals surface area contributed by atoms with E-state index in [1.807, 2.05) is 42.5 Å². The first kappa shape index (κ1) is 11.5. The number of nitrogens with zero attached hydrogens (tertiary/aromatic N) is 3. The second-order valence-electron chi connectivity index (χ2n) is 4.36. The Morgan fingerprint density at radius 1 is 1.16 bits per heavy atom. The zero-order chi connectivity index (χ0) is 13.2. The third-order valence-electron chi connectivity index (χ3n) is 3.22. The van der Waals surface area contributed by atoms with Crippen LogP contribution in [0, 0.1) is 11.3 Å². The number of rotatable bonds is 2. The zero-order valence-electron chi connectivity index (χ0n) is 10.7. The molecule has 3 heteroatoms. The topological polar surface area (TPSA) is 41.6 Å². The molecule has 0 aliphatic rings. The van der Waals surface area contributed by atoms with E-state index in [0.29, 0.717) is 5.56 Å². The Kier molecular flexibility index (Phi) is 2.77. The fraction of sp³-hybridized carbons (Fsp3) is 0.125. The van der Waals surface area contributed by atoms with Gasteiger partial charge < -0.3 is 4.57 Å². The van der Waals surface area contributed by atoms with Gasteiger partial charge in [-0.3, -0.25) is 0 Å². The van der Waals surface area contributed by atoms with Gasteiger partial charge in [0.1, 0.15) is 5.82 Å².